The highest BCUT2D eigenvalue weighted by molar-refractivity contribution is 5.85. The first-order valence-electron chi connectivity index (χ1n) is 7.50. The minimum atomic E-state index is -0.229. The first kappa shape index (κ1) is 15.3. The fourth-order valence-corrected chi connectivity index (χ4v) is 3.51. The number of benzene rings is 2. The van der Waals surface area contributed by atoms with Crippen molar-refractivity contribution in [1.82, 2.24) is 4.90 Å². The second kappa shape index (κ2) is 6.27. The van der Waals surface area contributed by atoms with Crippen LogP contribution in [0.25, 0.3) is 0 Å². The number of halogens is 2. The quantitative estimate of drug-likeness (QED) is 0.837. The third-order valence-electron chi connectivity index (χ3n) is 4.51. The minimum Gasteiger partial charge on any atom is -0.485 e. The maximum atomic E-state index is 13.8. The van der Waals surface area contributed by atoms with Crippen LogP contribution in [0.5, 0.6) is 5.75 Å². The molecular weight excluding hydrogens is 301 g/mol. The van der Waals surface area contributed by atoms with Crippen LogP contribution in [-0.2, 0) is 13.0 Å². The summed E-state index contributed by atoms with van der Waals surface area (Å²) in [6.07, 6.45) is 1.04. The summed E-state index contributed by atoms with van der Waals surface area (Å²) in [5.74, 6) is 0.718. The summed E-state index contributed by atoms with van der Waals surface area (Å²) in [5, 5.41) is 0. The summed E-state index contributed by atoms with van der Waals surface area (Å²) in [7, 11) is 0. The third-order valence-corrected chi connectivity index (χ3v) is 4.51. The van der Waals surface area contributed by atoms with Gasteiger partial charge in [0.2, 0.25) is 0 Å². The van der Waals surface area contributed by atoms with Gasteiger partial charge in [-0.25, -0.2) is 4.39 Å². The summed E-state index contributed by atoms with van der Waals surface area (Å²) in [6.45, 7) is 2.85. The van der Waals surface area contributed by atoms with E-state index >= 15 is 0 Å². The molecule has 2 aliphatic rings. The Morgan fingerprint density at radius 3 is 2.68 bits per heavy atom. The van der Waals surface area contributed by atoms with E-state index in [-0.39, 0.29) is 24.3 Å². The van der Waals surface area contributed by atoms with Gasteiger partial charge >= 0.3 is 0 Å². The molecule has 0 spiro atoms. The van der Waals surface area contributed by atoms with E-state index < -0.39 is 0 Å². The van der Waals surface area contributed by atoms with Crippen molar-refractivity contribution in [1.29, 1.82) is 0 Å². The van der Waals surface area contributed by atoms with Crippen LogP contribution < -0.4 is 4.74 Å². The SMILES string of the molecule is Cl.Fc1cccc2c1O[C@H]1CN(Cc3ccccc3)C[C@@H]1C2. The summed E-state index contributed by atoms with van der Waals surface area (Å²) >= 11 is 0. The van der Waals surface area contributed by atoms with Gasteiger partial charge in [-0.2, -0.15) is 0 Å². The molecule has 2 aromatic rings. The minimum absolute atomic E-state index is 0. The number of likely N-dealkylation sites (tertiary alicyclic amines) is 1. The molecule has 2 aliphatic heterocycles. The van der Waals surface area contributed by atoms with Crippen molar-refractivity contribution < 1.29 is 9.13 Å². The van der Waals surface area contributed by atoms with Crippen molar-refractivity contribution in [3.05, 3.63) is 65.5 Å². The molecule has 116 valence electrons. The molecule has 4 rings (SSSR count). The fourth-order valence-electron chi connectivity index (χ4n) is 3.51. The molecule has 0 radical (unpaired) electrons. The largest absolute Gasteiger partial charge is 0.485 e. The van der Waals surface area contributed by atoms with Gasteiger partial charge in [0.25, 0.3) is 0 Å². The first-order valence-corrected chi connectivity index (χ1v) is 7.50. The molecule has 0 aliphatic carbocycles. The van der Waals surface area contributed by atoms with E-state index in [1.165, 1.54) is 11.6 Å². The van der Waals surface area contributed by atoms with Crippen LogP contribution in [0, 0.1) is 11.7 Å². The van der Waals surface area contributed by atoms with E-state index in [1.807, 2.05) is 12.1 Å². The lowest BCUT2D eigenvalue weighted by Crippen LogP contribution is -2.32. The van der Waals surface area contributed by atoms with E-state index in [0.29, 0.717) is 11.7 Å². The van der Waals surface area contributed by atoms with Gasteiger partial charge in [-0.05, 0) is 23.6 Å². The van der Waals surface area contributed by atoms with Gasteiger partial charge in [0.15, 0.2) is 11.6 Å². The van der Waals surface area contributed by atoms with E-state index in [4.69, 9.17) is 4.74 Å². The van der Waals surface area contributed by atoms with Crippen LogP contribution in [-0.4, -0.2) is 24.1 Å². The predicted octanol–water partition coefficient (Wildman–Crippen LogP) is 3.68. The molecule has 22 heavy (non-hydrogen) atoms. The lowest BCUT2D eigenvalue weighted by atomic mass is 9.93. The highest BCUT2D eigenvalue weighted by Gasteiger charge is 2.38. The van der Waals surface area contributed by atoms with Gasteiger partial charge in [0.1, 0.15) is 6.10 Å². The van der Waals surface area contributed by atoms with Crippen LogP contribution in [0.4, 0.5) is 4.39 Å². The second-order valence-corrected chi connectivity index (χ2v) is 6.03. The molecule has 1 fully saturated rings. The van der Waals surface area contributed by atoms with Gasteiger partial charge in [-0.3, -0.25) is 4.90 Å². The van der Waals surface area contributed by atoms with Crippen molar-refractivity contribution in [3.63, 3.8) is 0 Å². The maximum absolute atomic E-state index is 13.8. The van der Waals surface area contributed by atoms with Gasteiger partial charge in [-0.1, -0.05) is 42.5 Å². The molecule has 0 aromatic heterocycles. The predicted molar refractivity (Wildman–Crippen MR) is 87.0 cm³/mol. The van der Waals surface area contributed by atoms with E-state index in [0.717, 1.165) is 31.6 Å². The zero-order valence-electron chi connectivity index (χ0n) is 12.2. The third kappa shape index (κ3) is 2.83. The Morgan fingerprint density at radius 2 is 1.86 bits per heavy atom. The average Bonchev–Trinajstić information content (AvgIpc) is 2.88. The zero-order chi connectivity index (χ0) is 14.2. The Hall–Kier alpha value is -1.58. The highest BCUT2D eigenvalue weighted by atomic mass is 35.5. The van der Waals surface area contributed by atoms with Crippen molar-refractivity contribution in [2.75, 3.05) is 13.1 Å². The number of hydrogen-bond donors (Lipinski definition) is 0. The van der Waals surface area contributed by atoms with Gasteiger partial charge in [0.05, 0.1) is 0 Å². The second-order valence-electron chi connectivity index (χ2n) is 6.03. The normalized spacial score (nSPS) is 23.1. The Balaban J connectivity index is 0.00000144. The first-order chi connectivity index (χ1) is 10.3. The number of fused-ring (bicyclic) bond motifs is 2. The number of nitrogens with zero attached hydrogens (tertiary/aromatic N) is 1. The summed E-state index contributed by atoms with van der Waals surface area (Å²) < 4.78 is 19.8. The average molecular weight is 320 g/mol. The molecule has 4 heteroatoms. The number of hydrogen-bond acceptors (Lipinski definition) is 2. The Labute approximate surface area is 136 Å². The number of ether oxygens (including phenoxy) is 1. The zero-order valence-corrected chi connectivity index (χ0v) is 13.1. The van der Waals surface area contributed by atoms with E-state index in [2.05, 4.69) is 29.2 Å². The van der Waals surface area contributed by atoms with Crippen molar-refractivity contribution >= 4 is 12.4 Å². The van der Waals surface area contributed by atoms with Crippen LogP contribution in [0.15, 0.2) is 48.5 Å². The molecule has 0 N–H and O–H groups in total. The van der Waals surface area contributed by atoms with Crippen LogP contribution in [0.1, 0.15) is 11.1 Å². The fraction of sp³-hybridized carbons (Fsp3) is 0.333. The number of rotatable bonds is 2. The van der Waals surface area contributed by atoms with Crippen LogP contribution >= 0.6 is 12.4 Å². The van der Waals surface area contributed by atoms with Crippen molar-refractivity contribution in [3.8, 4) is 5.75 Å². The molecular formula is C18H19ClFNO. The molecule has 2 heterocycles. The topological polar surface area (TPSA) is 12.5 Å². The van der Waals surface area contributed by atoms with Gasteiger partial charge in [-0.15, -0.1) is 12.4 Å². The monoisotopic (exact) mass is 319 g/mol. The summed E-state index contributed by atoms with van der Waals surface area (Å²) in [4.78, 5) is 2.41. The standard InChI is InChI=1S/C18H18FNO.ClH/c19-16-8-4-7-14-9-15-11-20(12-17(15)21-18(14)16)10-13-5-2-1-3-6-13;/h1-8,15,17H,9-12H2;1H/t15-,17-;/m0./s1. The van der Waals surface area contributed by atoms with Gasteiger partial charge < -0.3 is 4.74 Å². The molecule has 1 saturated heterocycles. The molecule has 2 aromatic carbocycles. The molecule has 0 saturated carbocycles. The Kier molecular flexibility index (Phi) is 4.37. The maximum Gasteiger partial charge on any atom is 0.165 e. The van der Waals surface area contributed by atoms with Crippen LogP contribution in [0.3, 0.4) is 0 Å². The van der Waals surface area contributed by atoms with Crippen LogP contribution in [0.2, 0.25) is 0 Å². The summed E-state index contributed by atoms with van der Waals surface area (Å²) in [5.41, 5.74) is 2.33. The summed E-state index contributed by atoms with van der Waals surface area (Å²) in [6, 6.07) is 15.7. The smallest absolute Gasteiger partial charge is 0.165 e. The Bertz CT molecular complexity index is 649. The van der Waals surface area contributed by atoms with E-state index in [1.54, 1.807) is 6.07 Å². The molecule has 2 nitrogen and oxygen atoms in total. The molecule has 0 unspecified atom stereocenters. The lowest BCUT2D eigenvalue weighted by molar-refractivity contribution is 0.141. The Morgan fingerprint density at radius 1 is 1.05 bits per heavy atom. The molecule has 0 bridgehead atoms. The molecule has 0 amide bonds. The lowest BCUT2D eigenvalue weighted by Gasteiger charge is -2.28. The van der Waals surface area contributed by atoms with Gasteiger partial charge in [0, 0.05) is 25.6 Å². The highest BCUT2D eigenvalue weighted by Crippen LogP contribution is 2.36. The van der Waals surface area contributed by atoms with Crippen molar-refractivity contribution in [2.24, 2.45) is 5.92 Å². The molecule has 2 atom stereocenters. The van der Waals surface area contributed by atoms with E-state index in [9.17, 15) is 4.39 Å². The van der Waals surface area contributed by atoms with Crippen molar-refractivity contribution in [2.45, 2.75) is 19.1 Å². The number of para-hydroxylation sites is 1.